The lowest BCUT2D eigenvalue weighted by molar-refractivity contribution is -0.137. The average molecular weight is 433 g/mol. The van der Waals surface area contributed by atoms with E-state index in [-0.39, 0.29) is 30.2 Å². The van der Waals surface area contributed by atoms with E-state index in [4.69, 9.17) is 4.74 Å². The smallest absolute Gasteiger partial charge is 0.228 e. The zero-order valence-electron chi connectivity index (χ0n) is 17.4. The van der Waals surface area contributed by atoms with Gasteiger partial charge in [0.1, 0.15) is 5.75 Å². The summed E-state index contributed by atoms with van der Waals surface area (Å²) >= 11 is 1.76. The number of amides is 2. The number of hydrogen-bond donors (Lipinski definition) is 0. The topological polar surface area (TPSA) is 49.9 Å². The molecule has 0 saturated carbocycles. The van der Waals surface area contributed by atoms with Crippen molar-refractivity contribution in [2.45, 2.75) is 18.9 Å². The zero-order valence-corrected chi connectivity index (χ0v) is 18.2. The van der Waals surface area contributed by atoms with Crippen molar-refractivity contribution in [1.29, 1.82) is 0 Å². The second-order valence-electron chi connectivity index (χ2n) is 8.00. The molecule has 158 valence electrons. The van der Waals surface area contributed by atoms with Gasteiger partial charge in [0.25, 0.3) is 0 Å². The highest BCUT2D eigenvalue weighted by molar-refractivity contribution is 7.10. The number of hydrogen-bond acceptors (Lipinski definition) is 4. The third-order valence-electron chi connectivity index (χ3n) is 6.20. The summed E-state index contributed by atoms with van der Waals surface area (Å²) in [7, 11) is 1.61. The zero-order chi connectivity index (χ0) is 21.4. The van der Waals surface area contributed by atoms with Crippen LogP contribution in [0.5, 0.6) is 5.75 Å². The van der Waals surface area contributed by atoms with E-state index in [0.29, 0.717) is 18.8 Å². The van der Waals surface area contributed by atoms with Gasteiger partial charge in [-0.25, -0.2) is 0 Å². The van der Waals surface area contributed by atoms with Crippen molar-refractivity contribution in [2.24, 2.45) is 5.92 Å². The Balaban J connectivity index is 1.42. The van der Waals surface area contributed by atoms with Crippen molar-refractivity contribution in [3.8, 4) is 5.75 Å². The van der Waals surface area contributed by atoms with E-state index in [9.17, 15) is 9.59 Å². The third kappa shape index (κ3) is 3.61. The number of rotatable bonds is 4. The number of carbonyl (C=O) groups excluding carboxylic acids is 2. The first kappa shape index (κ1) is 19.8. The van der Waals surface area contributed by atoms with Gasteiger partial charge in [0.05, 0.1) is 19.1 Å². The van der Waals surface area contributed by atoms with Crippen LogP contribution in [0.2, 0.25) is 0 Å². The van der Waals surface area contributed by atoms with Gasteiger partial charge in [0.2, 0.25) is 11.8 Å². The van der Waals surface area contributed by atoms with Gasteiger partial charge in [-0.05, 0) is 41.1 Å². The molecule has 1 aromatic heterocycles. The van der Waals surface area contributed by atoms with Crippen LogP contribution in [-0.2, 0) is 16.0 Å². The minimum Gasteiger partial charge on any atom is -0.497 e. The molecule has 0 N–H and O–H groups in total. The van der Waals surface area contributed by atoms with Crippen molar-refractivity contribution < 1.29 is 14.3 Å². The second kappa shape index (κ2) is 8.19. The summed E-state index contributed by atoms with van der Waals surface area (Å²) in [4.78, 5) is 31.5. The molecule has 2 aromatic carbocycles. The molecule has 5 rings (SSSR count). The van der Waals surface area contributed by atoms with E-state index >= 15 is 0 Å². The maximum absolute atomic E-state index is 13.7. The van der Waals surface area contributed by atoms with E-state index in [1.807, 2.05) is 47.4 Å². The lowest BCUT2D eigenvalue weighted by Crippen LogP contribution is -2.43. The fraction of sp³-hybridized carbons (Fsp3) is 0.280. The van der Waals surface area contributed by atoms with E-state index in [0.717, 1.165) is 17.7 Å². The monoisotopic (exact) mass is 432 g/mol. The molecule has 31 heavy (non-hydrogen) atoms. The van der Waals surface area contributed by atoms with Crippen molar-refractivity contribution in [2.75, 3.05) is 25.1 Å². The van der Waals surface area contributed by atoms with Gasteiger partial charge in [-0.2, -0.15) is 0 Å². The Hall–Kier alpha value is -3.12. The number of anilines is 1. The Bertz CT molecular complexity index is 1110. The normalized spacial score (nSPS) is 20.6. The maximum atomic E-state index is 13.7. The van der Waals surface area contributed by atoms with Crippen LogP contribution >= 0.6 is 11.3 Å². The summed E-state index contributed by atoms with van der Waals surface area (Å²) in [6.07, 6.45) is 1.10. The van der Waals surface area contributed by atoms with Gasteiger partial charge >= 0.3 is 0 Å². The van der Waals surface area contributed by atoms with Crippen LogP contribution in [0.25, 0.3) is 0 Å². The minimum absolute atomic E-state index is 0.0175. The van der Waals surface area contributed by atoms with Gasteiger partial charge in [-0.3, -0.25) is 9.59 Å². The average Bonchev–Trinajstić information content (AvgIpc) is 3.45. The highest BCUT2D eigenvalue weighted by atomic mass is 32.1. The van der Waals surface area contributed by atoms with Crippen LogP contribution in [0.4, 0.5) is 5.69 Å². The van der Waals surface area contributed by atoms with Crippen LogP contribution in [0.3, 0.4) is 0 Å². The molecule has 0 unspecified atom stereocenters. The van der Waals surface area contributed by atoms with Crippen molar-refractivity contribution in [1.82, 2.24) is 4.90 Å². The van der Waals surface area contributed by atoms with Gasteiger partial charge in [-0.15, -0.1) is 11.3 Å². The van der Waals surface area contributed by atoms with Gasteiger partial charge in [0, 0.05) is 36.1 Å². The lowest BCUT2D eigenvalue weighted by atomic mass is 9.91. The first-order valence-corrected chi connectivity index (χ1v) is 11.4. The molecule has 0 aliphatic carbocycles. The summed E-state index contributed by atoms with van der Waals surface area (Å²) in [5, 5.41) is 2.11. The molecule has 6 heteroatoms. The van der Waals surface area contributed by atoms with Gasteiger partial charge in [-0.1, -0.05) is 36.4 Å². The Morgan fingerprint density at radius 2 is 1.94 bits per heavy atom. The largest absolute Gasteiger partial charge is 0.497 e. The summed E-state index contributed by atoms with van der Waals surface area (Å²) in [5.74, 6) is 0.399. The Labute approximate surface area is 185 Å². The van der Waals surface area contributed by atoms with Crippen molar-refractivity contribution in [3.05, 3.63) is 82.0 Å². The first-order valence-electron chi connectivity index (χ1n) is 10.5. The Morgan fingerprint density at radius 1 is 1.10 bits per heavy atom. The highest BCUT2D eigenvalue weighted by Gasteiger charge is 2.41. The number of fused-ring (bicyclic) bond motifs is 1. The van der Waals surface area contributed by atoms with Crippen LogP contribution in [-0.4, -0.2) is 36.9 Å². The molecule has 1 fully saturated rings. The predicted octanol–water partition coefficient (Wildman–Crippen LogP) is 4.28. The minimum atomic E-state index is -0.343. The summed E-state index contributed by atoms with van der Waals surface area (Å²) in [5.41, 5.74) is 3.10. The fourth-order valence-corrected chi connectivity index (χ4v) is 5.59. The van der Waals surface area contributed by atoms with Gasteiger partial charge in [0.15, 0.2) is 0 Å². The standard InChI is InChI=1S/C25H24N2O3S/c1-30-20-9-5-8-19(15-20)27-16-18(14-23(27)28)25(29)26-12-10-22-21(11-13-31-22)24(26)17-6-3-2-4-7-17/h2-9,11,13,15,18,24H,10,12,14,16H2,1H3/t18-,24+/m1/s1. The molecule has 2 amide bonds. The number of methoxy groups -OCH3 is 1. The number of thiophene rings is 1. The number of benzene rings is 2. The number of carbonyl (C=O) groups is 2. The molecule has 5 nitrogen and oxygen atoms in total. The Kier molecular flexibility index (Phi) is 5.24. The molecule has 0 bridgehead atoms. The van der Waals surface area contributed by atoms with E-state index in [1.54, 1.807) is 23.3 Å². The Morgan fingerprint density at radius 3 is 2.74 bits per heavy atom. The first-order chi connectivity index (χ1) is 15.2. The molecule has 3 heterocycles. The predicted molar refractivity (Wildman–Crippen MR) is 121 cm³/mol. The molecular formula is C25H24N2O3S. The SMILES string of the molecule is COc1cccc(N2C[C@H](C(=O)N3CCc4sccc4[C@@H]3c3ccccc3)CC2=O)c1. The van der Waals surface area contributed by atoms with Crippen LogP contribution in [0.15, 0.2) is 66.0 Å². The maximum Gasteiger partial charge on any atom is 0.228 e. The number of nitrogens with zero attached hydrogens (tertiary/aromatic N) is 2. The van der Waals surface area contributed by atoms with Crippen molar-refractivity contribution >= 4 is 28.8 Å². The summed E-state index contributed by atoms with van der Waals surface area (Å²) < 4.78 is 5.30. The highest BCUT2D eigenvalue weighted by Crippen LogP contribution is 2.39. The quantitative estimate of drug-likeness (QED) is 0.618. The van der Waals surface area contributed by atoms with Gasteiger partial charge < -0.3 is 14.5 Å². The van der Waals surface area contributed by atoms with E-state index in [2.05, 4.69) is 23.6 Å². The molecule has 3 aromatic rings. The molecular weight excluding hydrogens is 408 g/mol. The van der Waals surface area contributed by atoms with Crippen LogP contribution < -0.4 is 9.64 Å². The second-order valence-corrected chi connectivity index (χ2v) is 9.00. The van der Waals surface area contributed by atoms with Crippen LogP contribution in [0, 0.1) is 5.92 Å². The van der Waals surface area contributed by atoms with Crippen LogP contribution in [0.1, 0.15) is 28.5 Å². The number of ether oxygens (including phenoxy) is 1. The third-order valence-corrected chi connectivity index (χ3v) is 7.20. The fourth-order valence-electron chi connectivity index (χ4n) is 4.68. The molecule has 0 spiro atoms. The molecule has 2 atom stereocenters. The molecule has 1 saturated heterocycles. The summed E-state index contributed by atoms with van der Waals surface area (Å²) in [6.45, 7) is 1.08. The molecule has 2 aliphatic rings. The van der Waals surface area contributed by atoms with E-state index in [1.165, 1.54) is 10.4 Å². The molecule has 2 aliphatic heterocycles. The van der Waals surface area contributed by atoms with Crippen molar-refractivity contribution in [3.63, 3.8) is 0 Å². The summed E-state index contributed by atoms with van der Waals surface area (Å²) in [6, 6.07) is 19.7. The molecule has 0 radical (unpaired) electrons. The van der Waals surface area contributed by atoms with E-state index < -0.39 is 0 Å². The lowest BCUT2D eigenvalue weighted by Gasteiger charge is -2.37.